The number of para-hydroxylation sites is 2. The third kappa shape index (κ3) is 3.89. The van der Waals surface area contributed by atoms with Gasteiger partial charge in [0.2, 0.25) is 5.91 Å². The van der Waals surface area contributed by atoms with Crippen molar-refractivity contribution in [3.8, 4) is 0 Å². The average Bonchev–Trinajstić information content (AvgIpc) is 3.34. The van der Waals surface area contributed by atoms with Crippen LogP contribution in [0.25, 0.3) is 16.7 Å². The Bertz CT molecular complexity index is 1340. The van der Waals surface area contributed by atoms with Crippen LogP contribution >= 0.6 is 0 Å². The summed E-state index contributed by atoms with van der Waals surface area (Å²) in [6.45, 7) is 4.23. The van der Waals surface area contributed by atoms with E-state index in [9.17, 15) is 14.0 Å². The van der Waals surface area contributed by atoms with Crippen molar-refractivity contribution in [2.75, 3.05) is 6.54 Å². The molecule has 1 aliphatic heterocycles. The van der Waals surface area contributed by atoms with Gasteiger partial charge in [0.05, 0.1) is 23.4 Å². The van der Waals surface area contributed by atoms with E-state index in [0.29, 0.717) is 17.8 Å². The third-order valence-corrected chi connectivity index (χ3v) is 5.86. The molecule has 0 aliphatic carbocycles. The van der Waals surface area contributed by atoms with Gasteiger partial charge in [-0.15, -0.1) is 0 Å². The van der Waals surface area contributed by atoms with Crippen molar-refractivity contribution in [3.63, 3.8) is 0 Å². The summed E-state index contributed by atoms with van der Waals surface area (Å²) in [5, 5.41) is 3.01. The highest BCUT2D eigenvalue weighted by atomic mass is 19.1. The van der Waals surface area contributed by atoms with Gasteiger partial charge in [-0.05, 0) is 35.9 Å². The van der Waals surface area contributed by atoms with Crippen molar-refractivity contribution >= 4 is 28.5 Å². The Hall–Kier alpha value is -4.26. The first-order valence-corrected chi connectivity index (χ1v) is 10.6. The molecule has 3 aromatic carbocycles. The van der Waals surface area contributed by atoms with Crippen LogP contribution in [0.3, 0.4) is 0 Å². The standard InChI is InChI=1S/C26H21FN4O2/c1-17-20-6-2-3-7-21(20)26(33)31(17)15-25(32)29-23(18-10-12-19(27)13-11-18)14-30-16-28-22-8-4-5-9-24(22)30/h2-13,16,23H,1,14-15H2,(H,29,32). The molecule has 0 saturated heterocycles. The number of nitrogens with zero attached hydrogens (tertiary/aromatic N) is 3. The Morgan fingerprint density at radius 1 is 1.00 bits per heavy atom. The molecule has 0 bridgehead atoms. The minimum absolute atomic E-state index is 0.158. The molecule has 0 spiro atoms. The van der Waals surface area contributed by atoms with Gasteiger partial charge in [-0.3, -0.25) is 14.5 Å². The van der Waals surface area contributed by atoms with E-state index in [-0.39, 0.29) is 24.2 Å². The molecule has 1 aromatic heterocycles. The van der Waals surface area contributed by atoms with Gasteiger partial charge in [-0.25, -0.2) is 9.37 Å². The first kappa shape index (κ1) is 20.6. The third-order valence-electron chi connectivity index (χ3n) is 5.86. The molecular formula is C26H21FN4O2. The Labute approximate surface area is 190 Å². The fraction of sp³-hybridized carbons (Fsp3) is 0.115. The number of fused-ring (bicyclic) bond motifs is 2. The summed E-state index contributed by atoms with van der Waals surface area (Å²) in [5.74, 6) is -0.936. The fourth-order valence-corrected chi connectivity index (χ4v) is 4.17. The summed E-state index contributed by atoms with van der Waals surface area (Å²) < 4.78 is 15.5. The predicted octanol–water partition coefficient (Wildman–Crippen LogP) is 4.16. The van der Waals surface area contributed by atoms with Gasteiger partial charge >= 0.3 is 0 Å². The lowest BCUT2D eigenvalue weighted by molar-refractivity contribution is -0.122. The van der Waals surface area contributed by atoms with E-state index in [1.807, 2.05) is 41.0 Å². The molecule has 0 fully saturated rings. The second kappa shape index (κ2) is 8.35. The first-order chi connectivity index (χ1) is 16.0. The van der Waals surface area contributed by atoms with Crippen molar-refractivity contribution in [2.45, 2.75) is 12.6 Å². The van der Waals surface area contributed by atoms with E-state index in [0.717, 1.165) is 22.2 Å². The molecule has 2 heterocycles. The predicted molar refractivity (Wildman–Crippen MR) is 124 cm³/mol. The number of benzene rings is 3. The zero-order chi connectivity index (χ0) is 22.9. The van der Waals surface area contributed by atoms with E-state index in [2.05, 4.69) is 16.9 Å². The van der Waals surface area contributed by atoms with Crippen molar-refractivity contribution in [2.24, 2.45) is 0 Å². The van der Waals surface area contributed by atoms with Crippen LogP contribution < -0.4 is 5.32 Å². The van der Waals surface area contributed by atoms with Crippen LogP contribution in [0, 0.1) is 5.82 Å². The number of aromatic nitrogens is 2. The van der Waals surface area contributed by atoms with E-state index >= 15 is 0 Å². The van der Waals surface area contributed by atoms with Crippen molar-refractivity contribution in [1.29, 1.82) is 0 Å². The highest BCUT2D eigenvalue weighted by molar-refractivity contribution is 6.10. The van der Waals surface area contributed by atoms with Gasteiger partial charge < -0.3 is 9.88 Å². The smallest absolute Gasteiger partial charge is 0.259 e. The SMILES string of the molecule is C=C1c2ccccc2C(=O)N1CC(=O)NC(Cn1cnc2ccccc21)c1ccc(F)cc1. The van der Waals surface area contributed by atoms with Crippen LogP contribution in [-0.2, 0) is 11.3 Å². The number of hydrogen-bond acceptors (Lipinski definition) is 3. The van der Waals surface area contributed by atoms with Crippen molar-refractivity contribution in [1.82, 2.24) is 19.8 Å². The largest absolute Gasteiger partial charge is 0.346 e. The fourth-order valence-electron chi connectivity index (χ4n) is 4.17. The number of halogens is 1. The first-order valence-electron chi connectivity index (χ1n) is 10.6. The average molecular weight is 440 g/mol. The Kier molecular flexibility index (Phi) is 5.22. The molecule has 1 unspecified atom stereocenters. The Morgan fingerprint density at radius 2 is 1.70 bits per heavy atom. The summed E-state index contributed by atoms with van der Waals surface area (Å²) in [6, 6.07) is 20.4. The van der Waals surface area contributed by atoms with Gasteiger partial charge in [0.15, 0.2) is 0 Å². The molecule has 164 valence electrons. The molecular weight excluding hydrogens is 419 g/mol. The van der Waals surface area contributed by atoms with Crippen molar-refractivity contribution in [3.05, 3.63) is 108 Å². The number of rotatable bonds is 6. The topological polar surface area (TPSA) is 67.2 Å². The zero-order valence-corrected chi connectivity index (χ0v) is 17.7. The molecule has 0 saturated carbocycles. The van der Waals surface area contributed by atoms with Gasteiger partial charge in [0.1, 0.15) is 12.4 Å². The number of nitrogens with one attached hydrogen (secondary N) is 1. The highest BCUT2D eigenvalue weighted by Gasteiger charge is 2.32. The summed E-state index contributed by atoms with van der Waals surface area (Å²) in [6.07, 6.45) is 1.72. The Morgan fingerprint density at radius 3 is 2.45 bits per heavy atom. The molecule has 0 radical (unpaired) electrons. The molecule has 5 rings (SSSR count). The normalized spacial score (nSPS) is 13.9. The van der Waals surface area contributed by atoms with Crippen LogP contribution in [0.5, 0.6) is 0 Å². The van der Waals surface area contributed by atoms with Gasteiger partial charge in [-0.2, -0.15) is 0 Å². The van der Waals surface area contributed by atoms with Gasteiger partial charge in [-0.1, -0.05) is 49.0 Å². The number of carbonyl (C=O) groups is 2. The Balaban J connectivity index is 1.38. The molecule has 2 amide bonds. The molecule has 33 heavy (non-hydrogen) atoms. The number of imidazole rings is 1. The lowest BCUT2D eigenvalue weighted by atomic mass is 10.1. The van der Waals surface area contributed by atoms with E-state index < -0.39 is 6.04 Å². The monoisotopic (exact) mass is 440 g/mol. The molecule has 1 atom stereocenters. The summed E-state index contributed by atoms with van der Waals surface area (Å²) in [4.78, 5) is 31.6. The number of hydrogen-bond donors (Lipinski definition) is 1. The molecule has 1 aliphatic rings. The second-order valence-electron chi connectivity index (χ2n) is 7.94. The lowest BCUT2D eigenvalue weighted by Crippen LogP contribution is -2.39. The highest BCUT2D eigenvalue weighted by Crippen LogP contribution is 2.31. The quantitative estimate of drug-likeness (QED) is 0.490. The zero-order valence-electron chi connectivity index (χ0n) is 17.7. The van der Waals surface area contributed by atoms with Crippen LogP contribution in [-0.4, -0.2) is 32.8 Å². The molecule has 6 nitrogen and oxygen atoms in total. The molecule has 7 heteroatoms. The summed E-state index contributed by atoms with van der Waals surface area (Å²) >= 11 is 0. The molecule has 4 aromatic rings. The summed E-state index contributed by atoms with van der Waals surface area (Å²) in [7, 11) is 0. The van der Waals surface area contributed by atoms with Crippen LogP contribution in [0.15, 0.2) is 85.7 Å². The van der Waals surface area contributed by atoms with Gasteiger partial charge in [0, 0.05) is 23.4 Å². The number of carbonyl (C=O) groups excluding carboxylic acids is 2. The maximum Gasteiger partial charge on any atom is 0.259 e. The van der Waals surface area contributed by atoms with E-state index in [1.165, 1.54) is 17.0 Å². The van der Waals surface area contributed by atoms with Crippen LogP contribution in [0.2, 0.25) is 0 Å². The second-order valence-corrected chi connectivity index (χ2v) is 7.94. The maximum atomic E-state index is 13.5. The van der Waals surface area contributed by atoms with Crippen molar-refractivity contribution < 1.29 is 14.0 Å². The van der Waals surface area contributed by atoms with E-state index in [4.69, 9.17) is 0 Å². The minimum Gasteiger partial charge on any atom is -0.346 e. The molecule has 1 N–H and O–H groups in total. The number of amides is 2. The van der Waals surface area contributed by atoms with E-state index in [1.54, 1.807) is 30.6 Å². The van der Waals surface area contributed by atoms with Crippen LogP contribution in [0.4, 0.5) is 4.39 Å². The van der Waals surface area contributed by atoms with Gasteiger partial charge in [0.25, 0.3) is 5.91 Å². The minimum atomic E-state index is -0.455. The lowest BCUT2D eigenvalue weighted by Gasteiger charge is -2.23. The maximum absolute atomic E-state index is 13.5. The van der Waals surface area contributed by atoms with Crippen LogP contribution in [0.1, 0.15) is 27.5 Å². The summed E-state index contributed by atoms with van der Waals surface area (Å²) in [5.41, 5.74) is 4.29.